The van der Waals surface area contributed by atoms with Gasteiger partial charge in [0.15, 0.2) is 0 Å². The lowest BCUT2D eigenvalue weighted by Gasteiger charge is -2.22. The summed E-state index contributed by atoms with van der Waals surface area (Å²) in [6, 6.07) is 0.0943. The summed E-state index contributed by atoms with van der Waals surface area (Å²) in [6.07, 6.45) is 2.69. The molecule has 1 atom stereocenters. The summed E-state index contributed by atoms with van der Waals surface area (Å²) in [7, 11) is -2.89. The Kier molecular flexibility index (Phi) is 5.39. The van der Waals surface area contributed by atoms with Gasteiger partial charge in [-0.25, -0.2) is 8.42 Å². The SMILES string of the molecule is CCS(=O)(=O)CCCN1CCCC1CC(=O)O. The lowest BCUT2D eigenvalue weighted by Crippen LogP contribution is -2.33. The van der Waals surface area contributed by atoms with Gasteiger partial charge >= 0.3 is 5.97 Å². The summed E-state index contributed by atoms with van der Waals surface area (Å²) in [5.41, 5.74) is 0. The number of nitrogens with zero attached hydrogens (tertiary/aromatic N) is 1. The molecule has 0 bridgehead atoms. The average molecular weight is 263 g/mol. The minimum absolute atomic E-state index is 0.0943. The Bertz CT molecular complexity index is 352. The molecule has 0 amide bonds. The van der Waals surface area contributed by atoms with E-state index in [0.717, 1.165) is 19.4 Å². The summed E-state index contributed by atoms with van der Waals surface area (Å²) in [4.78, 5) is 12.8. The smallest absolute Gasteiger partial charge is 0.304 e. The maximum Gasteiger partial charge on any atom is 0.304 e. The number of hydrogen-bond acceptors (Lipinski definition) is 4. The number of carboxylic acids is 1. The maximum atomic E-state index is 11.3. The van der Waals surface area contributed by atoms with E-state index in [-0.39, 0.29) is 24.0 Å². The topological polar surface area (TPSA) is 74.7 Å². The van der Waals surface area contributed by atoms with Gasteiger partial charge in [-0.1, -0.05) is 6.92 Å². The van der Waals surface area contributed by atoms with Crippen LogP contribution in [0, 0.1) is 0 Å². The van der Waals surface area contributed by atoms with Gasteiger partial charge in [-0.05, 0) is 32.4 Å². The number of likely N-dealkylation sites (tertiary alicyclic amines) is 1. The van der Waals surface area contributed by atoms with Crippen LogP contribution < -0.4 is 0 Å². The molecule has 0 radical (unpaired) electrons. The molecule has 1 aliphatic heterocycles. The van der Waals surface area contributed by atoms with Crippen LogP contribution in [-0.2, 0) is 14.6 Å². The maximum absolute atomic E-state index is 11.3. The first-order valence-corrected chi connectivity index (χ1v) is 7.93. The highest BCUT2D eigenvalue weighted by Crippen LogP contribution is 2.20. The molecular formula is C11H21NO4S. The number of rotatable bonds is 7. The largest absolute Gasteiger partial charge is 0.481 e. The lowest BCUT2D eigenvalue weighted by molar-refractivity contribution is -0.138. The second-order valence-corrected chi connectivity index (χ2v) is 6.99. The fourth-order valence-electron chi connectivity index (χ4n) is 2.25. The van der Waals surface area contributed by atoms with Crippen LogP contribution in [0.5, 0.6) is 0 Å². The van der Waals surface area contributed by atoms with Crippen molar-refractivity contribution in [2.75, 3.05) is 24.6 Å². The van der Waals surface area contributed by atoms with Gasteiger partial charge in [0, 0.05) is 11.8 Å². The van der Waals surface area contributed by atoms with E-state index >= 15 is 0 Å². The highest BCUT2D eigenvalue weighted by atomic mass is 32.2. The van der Waals surface area contributed by atoms with Crippen molar-refractivity contribution in [2.24, 2.45) is 0 Å². The molecule has 17 heavy (non-hydrogen) atoms. The van der Waals surface area contributed by atoms with Crippen molar-refractivity contribution in [1.29, 1.82) is 0 Å². The van der Waals surface area contributed by atoms with E-state index in [1.807, 2.05) is 0 Å². The molecule has 0 aromatic rings. The molecule has 1 aliphatic rings. The van der Waals surface area contributed by atoms with Gasteiger partial charge in [0.05, 0.1) is 12.2 Å². The third-order valence-electron chi connectivity index (χ3n) is 3.25. The Hall–Kier alpha value is -0.620. The van der Waals surface area contributed by atoms with Crippen LogP contribution in [-0.4, -0.2) is 55.0 Å². The van der Waals surface area contributed by atoms with E-state index in [0.29, 0.717) is 13.0 Å². The molecule has 1 unspecified atom stereocenters. The Morgan fingerprint density at radius 3 is 2.76 bits per heavy atom. The zero-order chi connectivity index (χ0) is 12.9. The standard InChI is InChI=1S/C11H21NO4S/c1-2-17(15,16)8-4-7-12-6-3-5-10(12)9-11(13)14/h10H,2-9H2,1H3,(H,13,14). The molecule has 1 N–H and O–H groups in total. The molecule has 1 heterocycles. The fraction of sp³-hybridized carbons (Fsp3) is 0.909. The van der Waals surface area contributed by atoms with Gasteiger partial charge < -0.3 is 5.11 Å². The first-order valence-electron chi connectivity index (χ1n) is 6.11. The average Bonchev–Trinajstić information content (AvgIpc) is 2.65. The first kappa shape index (κ1) is 14.4. The van der Waals surface area contributed by atoms with Gasteiger partial charge in [0.25, 0.3) is 0 Å². The number of hydrogen-bond donors (Lipinski definition) is 1. The van der Waals surface area contributed by atoms with Crippen molar-refractivity contribution >= 4 is 15.8 Å². The third kappa shape index (κ3) is 5.04. The Morgan fingerprint density at radius 2 is 2.18 bits per heavy atom. The molecule has 1 saturated heterocycles. The second kappa shape index (κ2) is 6.35. The molecule has 1 rings (SSSR count). The van der Waals surface area contributed by atoms with E-state index in [1.54, 1.807) is 6.92 Å². The van der Waals surface area contributed by atoms with Gasteiger partial charge in [-0.2, -0.15) is 0 Å². The molecule has 0 saturated carbocycles. The Labute approximate surface area is 103 Å². The van der Waals surface area contributed by atoms with Gasteiger partial charge in [-0.15, -0.1) is 0 Å². The monoisotopic (exact) mass is 263 g/mol. The zero-order valence-corrected chi connectivity index (χ0v) is 11.1. The van der Waals surface area contributed by atoms with Crippen LogP contribution in [0.4, 0.5) is 0 Å². The molecule has 1 fully saturated rings. The molecule has 5 nitrogen and oxygen atoms in total. The number of aliphatic carboxylic acids is 1. The number of sulfone groups is 1. The summed E-state index contributed by atoms with van der Waals surface area (Å²) < 4.78 is 22.6. The summed E-state index contributed by atoms with van der Waals surface area (Å²) in [5.74, 6) is -0.381. The zero-order valence-electron chi connectivity index (χ0n) is 10.3. The van der Waals surface area contributed by atoms with Crippen molar-refractivity contribution in [3.05, 3.63) is 0 Å². The van der Waals surface area contributed by atoms with Crippen LogP contribution in [0.3, 0.4) is 0 Å². The van der Waals surface area contributed by atoms with Crippen molar-refractivity contribution in [3.8, 4) is 0 Å². The van der Waals surface area contributed by atoms with E-state index < -0.39 is 15.8 Å². The van der Waals surface area contributed by atoms with E-state index in [1.165, 1.54) is 0 Å². The molecule has 0 spiro atoms. The quantitative estimate of drug-likeness (QED) is 0.733. The third-order valence-corrected chi connectivity index (χ3v) is 5.04. The molecular weight excluding hydrogens is 242 g/mol. The van der Waals surface area contributed by atoms with Gasteiger partial charge in [0.1, 0.15) is 9.84 Å². The minimum atomic E-state index is -2.89. The van der Waals surface area contributed by atoms with E-state index in [4.69, 9.17) is 5.11 Å². The second-order valence-electron chi connectivity index (χ2n) is 4.52. The van der Waals surface area contributed by atoms with Crippen molar-refractivity contribution in [3.63, 3.8) is 0 Å². The Morgan fingerprint density at radius 1 is 1.47 bits per heavy atom. The fourth-order valence-corrected chi connectivity index (χ4v) is 3.11. The van der Waals surface area contributed by atoms with Crippen molar-refractivity contribution < 1.29 is 18.3 Å². The number of carboxylic acid groups (broad SMARTS) is 1. The molecule has 6 heteroatoms. The highest BCUT2D eigenvalue weighted by Gasteiger charge is 2.26. The predicted octanol–water partition coefficient (Wildman–Crippen LogP) is 0.750. The summed E-state index contributed by atoms with van der Waals surface area (Å²) in [6.45, 7) is 3.24. The molecule has 0 aromatic heterocycles. The first-order chi connectivity index (χ1) is 7.94. The summed E-state index contributed by atoms with van der Waals surface area (Å²) >= 11 is 0. The van der Waals surface area contributed by atoms with Crippen LogP contribution in [0.1, 0.15) is 32.6 Å². The minimum Gasteiger partial charge on any atom is -0.481 e. The number of carbonyl (C=O) groups is 1. The molecule has 100 valence electrons. The van der Waals surface area contributed by atoms with Crippen molar-refractivity contribution in [1.82, 2.24) is 4.90 Å². The predicted molar refractivity (Wildman–Crippen MR) is 65.8 cm³/mol. The highest BCUT2D eigenvalue weighted by molar-refractivity contribution is 7.91. The van der Waals surface area contributed by atoms with Crippen LogP contribution >= 0.6 is 0 Å². The van der Waals surface area contributed by atoms with Gasteiger partial charge in [0.2, 0.25) is 0 Å². The van der Waals surface area contributed by atoms with Crippen LogP contribution in [0.15, 0.2) is 0 Å². The normalized spacial score (nSPS) is 21.8. The molecule has 0 aliphatic carbocycles. The lowest BCUT2D eigenvalue weighted by atomic mass is 10.1. The molecule has 0 aromatic carbocycles. The van der Waals surface area contributed by atoms with Crippen LogP contribution in [0.25, 0.3) is 0 Å². The van der Waals surface area contributed by atoms with E-state index in [9.17, 15) is 13.2 Å². The summed E-state index contributed by atoms with van der Waals surface area (Å²) in [5, 5.41) is 8.76. The van der Waals surface area contributed by atoms with Crippen LogP contribution in [0.2, 0.25) is 0 Å². The van der Waals surface area contributed by atoms with Crippen molar-refractivity contribution in [2.45, 2.75) is 38.6 Å². The Balaban J connectivity index is 2.33. The van der Waals surface area contributed by atoms with E-state index in [2.05, 4.69) is 4.90 Å². The van der Waals surface area contributed by atoms with Gasteiger partial charge in [-0.3, -0.25) is 9.69 Å².